The number of nitrogens with zero attached hydrogens (tertiary/aromatic N) is 4. The van der Waals surface area contributed by atoms with E-state index in [1.807, 2.05) is 42.5 Å². The van der Waals surface area contributed by atoms with Gasteiger partial charge in [0.05, 0.1) is 38.7 Å². The van der Waals surface area contributed by atoms with E-state index in [2.05, 4.69) is 26.3 Å². The third-order valence-electron chi connectivity index (χ3n) is 5.87. The minimum absolute atomic E-state index is 0.464. The minimum atomic E-state index is 0.464. The van der Waals surface area contributed by atoms with Gasteiger partial charge in [-0.05, 0) is 36.2 Å². The van der Waals surface area contributed by atoms with Crippen LogP contribution in [0.3, 0.4) is 0 Å². The van der Waals surface area contributed by atoms with Crippen molar-refractivity contribution in [2.45, 2.75) is 13.0 Å². The standard InChI is InChI=1S/C27H31N5O4/c1-2-11-34-20-21-16-23(19-24(17-21)35-15-10-32-8-13-33-14-9-32)30-27-29-7-5-25(31-27)22-4-6-28-26(18-22)36-12-3-1/h1-2,4-7,16-19H,3,8-15,20H2,(H,29,30,31)/b2-1+. The molecule has 0 spiro atoms. The van der Waals surface area contributed by atoms with E-state index in [1.54, 1.807) is 12.4 Å². The van der Waals surface area contributed by atoms with E-state index in [1.165, 1.54) is 0 Å². The van der Waals surface area contributed by atoms with Crippen molar-refractivity contribution in [2.24, 2.45) is 0 Å². The normalized spacial score (nSPS) is 17.7. The van der Waals surface area contributed by atoms with Crippen molar-refractivity contribution in [1.82, 2.24) is 19.9 Å². The average molecular weight is 490 g/mol. The Morgan fingerprint density at radius 3 is 2.81 bits per heavy atom. The second kappa shape index (κ2) is 12.4. The van der Waals surface area contributed by atoms with Gasteiger partial charge in [0, 0.05) is 55.4 Å². The monoisotopic (exact) mass is 489 g/mol. The van der Waals surface area contributed by atoms with Crippen LogP contribution in [0.25, 0.3) is 11.3 Å². The van der Waals surface area contributed by atoms with Crippen LogP contribution in [0.15, 0.2) is 60.9 Å². The van der Waals surface area contributed by atoms with E-state index in [9.17, 15) is 0 Å². The second-order valence-corrected chi connectivity index (χ2v) is 8.57. The van der Waals surface area contributed by atoms with Gasteiger partial charge in [0.15, 0.2) is 0 Å². The molecule has 4 heterocycles. The number of hydrogen-bond donors (Lipinski definition) is 1. The molecule has 9 heteroatoms. The first-order valence-electron chi connectivity index (χ1n) is 12.3. The molecule has 0 amide bonds. The van der Waals surface area contributed by atoms with Crippen molar-refractivity contribution in [1.29, 1.82) is 0 Å². The smallest absolute Gasteiger partial charge is 0.227 e. The lowest BCUT2D eigenvalue weighted by Crippen LogP contribution is -2.38. The molecule has 2 aliphatic rings. The predicted octanol–water partition coefficient (Wildman–Crippen LogP) is 3.85. The molecule has 9 nitrogen and oxygen atoms in total. The maximum atomic E-state index is 6.13. The number of nitrogens with one attached hydrogen (secondary N) is 1. The molecule has 3 aromatic rings. The van der Waals surface area contributed by atoms with Crippen molar-refractivity contribution in [2.75, 3.05) is 58.0 Å². The summed E-state index contributed by atoms with van der Waals surface area (Å²) in [6.45, 7) is 6.43. The molecule has 0 radical (unpaired) electrons. The Labute approximate surface area is 211 Å². The third kappa shape index (κ3) is 7.00. The number of aromatic nitrogens is 3. The largest absolute Gasteiger partial charge is 0.492 e. The van der Waals surface area contributed by atoms with Gasteiger partial charge in [-0.2, -0.15) is 0 Å². The topological polar surface area (TPSA) is 90.9 Å². The summed E-state index contributed by atoms with van der Waals surface area (Å²) >= 11 is 0. The van der Waals surface area contributed by atoms with Crippen LogP contribution in [0.2, 0.25) is 0 Å². The molecule has 188 valence electrons. The summed E-state index contributed by atoms with van der Waals surface area (Å²) in [6.07, 6.45) is 8.31. The molecule has 0 atom stereocenters. The Balaban J connectivity index is 1.36. The maximum absolute atomic E-state index is 6.13. The van der Waals surface area contributed by atoms with Crippen molar-refractivity contribution in [3.63, 3.8) is 0 Å². The van der Waals surface area contributed by atoms with E-state index in [4.69, 9.17) is 23.9 Å². The zero-order chi connectivity index (χ0) is 24.4. The van der Waals surface area contributed by atoms with Crippen LogP contribution < -0.4 is 14.8 Å². The van der Waals surface area contributed by atoms with Crippen molar-refractivity contribution < 1.29 is 18.9 Å². The quantitative estimate of drug-likeness (QED) is 0.549. The highest BCUT2D eigenvalue weighted by Crippen LogP contribution is 2.26. The Morgan fingerprint density at radius 2 is 1.86 bits per heavy atom. The molecule has 1 N–H and O–H groups in total. The summed E-state index contributed by atoms with van der Waals surface area (Å²) in [5.74, 6) is 1.84. The molecule has 0 saturated carbocycles. The van der Waals surface area contributed by atoms with Gasteiger partial charge in [-0.25, -0.2) is 15.0 Å². The number of ether oxygens (including phenoxy) is 4. The number of hydrogen-bond acceptors (Lipinski definition) is 9. The van der Waals surface area contributed by atoms with Crippen LogP contribution >= 0.6 is 0 Å². The van der Waals surface area contributed by atoms with E-state index < -0.39 is 0 Å². The lowest BCUT2D eigenvalue weighted by molar-refractivity contribution is 0.0322. The zero-order valence-corrected chi connectivity index (χ0v) is 20.3. The van der Waals surface area contributed by atoms with Crippen molar-refractivity contribution in [3.8, 4) is 22.9 Å². The van der Waals surface area contributed by atoms with Crippen LogP contribution in [0.1, 0.15) is 12.0 Å². The first-order chi connectivity index (χ1) is 17.8. The van der Waals surface area contributed by atoms with Crippen LogP contribution in [0.4, 0.5) is 11.6 Å². The van der Waals surface area contributed by atoms with Gasteiger partial charge in [-0.3, -0.25) is 4.90 Å². The maximum Gasteiger partial charge on any atom is 0.227 e. The third-order valence-corrected chi connectivity index (χ3v) is 5.87. The summed E-state index contributed by atoms with van der Waals surface area (Å²) < 4.78 is 23.2. The summed E-state index contributed by atoms with van der Waals surface area (Å²) in [7, 11) is 0. The van der Waals surface area contributed by atoms with Crippen LogP contribution in [0.5, 0.6) is 11.6 Å². The fraction of sp³-hybridized carbons (Fsp3) is 0.370. The predicted molar refractivity (Wildman–Crippen MR) is 137 cm³/mol. The zero-order valence-electron chi connectivity index (χ0n) is 20.3. The highest BCUT2D eigenvalue weighted by atomic mass is 16.5. The van der Waals surface area contributed by atoms with E-state index in [0.717, 1.165) is 67.5 Å². The van der Waals surface area contributed by atoms with E-state index in [0.29, 0.717) is 38.3 Å². The molecule has 0 aliphatic carbocycles. The number of pyridine rings is 1. The molecule has 6 bridgehead atoms. The van der Waals surface area contributed by atoms with Gasteiger partial charge < -0.3 is 24.3 Å². The molecule has 2 aliphatic heterocycles. The number of anilines is 2. The number of fused-ring (bicyclic) bond motifs is 7. The average Bonchev–Trinajstić information content (AvgIpc) is 2.91. The fourth-order valence-corrected chi connectivity index (χ4v) is 4.04. The second-order valence-electron chi connectivity index (χ2n) is 8.57. The molecule has 0 unspecified atom stereocenters. The van der Waals surface area contributed by atoms with Gasteiger partial charge in [-0.15, -0.1) is 0 Å². The Hall–Kier alpha value is -3.53. The summed E-state index contributed by atoms with van der Waals surface area (Å²) in [5.41, 5.74) is 3.54. The summed E-state index contributed by atoms with van der Waals surface area (Å²) in [6, 6.07) is 11.7. The fourth-order valence-electron chi connectivity index (χ4n) is 4.04. The van der Waals surface area contributed by atoms with Crippen molar-refractivity contribution >= 4 is 11.6 Å². The number of rotatable bonds is 4. The number of benzene rings is 1. The highest BCUT2D eigenvalue weighted by molar-refractivity contribution is 5.63. The SMILES string of the molecule is C1=C/COCc2cc(cc(OCCN3CCOCC3)c2)Nc2nccc(n2)-c2ccnc(c2)OCC/1. The summed E-state index contributed by atoms with van der Waals surface area (Å²) in [5, 5.41) is 3.33. The lowest BCUT2D eigenvalue weighted by Gasteiger charge is -2.26. The Kier molecular flexibility index (Phi) is 8.35. The first kappa shape index (κ1) is 24.2. The van der Waals surface area contributed by atoms with Gasteiger partial charge in [0.25, 0.3) is 0 Å². The minimum Gasteiger partial charge on any atom is -0.492 e. The Morgan fingerprint density at radius 1 is 0.944 bits per heavy atom. The molecular formula is C27H31N5O4. The van der Waals surface area contributed by atoms with Crippen molar-refractivity contribution in [3.05, 3.63) is 66.5 Å². The summed E-state index contributed by atoms with van der Waals surface area (Å²) in [4.78, 5) is 15.8. The van der Waals surface area contributed by atoms with Crippen LogP contribution in [-0.4, -0.2) is 72.5 Å². The van der Waals surface area contributed by atoms with E-state index in [-0.39, 0.29) is 0 Å². The molecule has 1 saturated heterocycles. The van der Waals surface area contributed by atoms with Gasteiger partial charge >= 0.3 is 0 Å². The van der Waals surface area contributed by atoms with Gasteiger partial charge in [0.1, 0.15) is 12.4 Å². The molecule has 36 heavy (non-hydrogen) atoms. The Bertz CT molecular complexity index is 1170. The van der Waals surface area contributed by atoms with Crippen LogP contribution in [-0.2, 0) is 16.1 Å². The molecule has 5 rings (SSSR count). The van der Waals surface area contributed by atoms with Crippen LogP contribution in [0, 0.1) is 0 Å². The highest BCUT2D eigenvalue weighted by Gasteiger charge is 2.11. The van der Waals surface area contributed by atoms with E-state index >= 15 is 0 Å². The number of morpholine rings is 1. The lowest BCUT2D eigenvalue weighted by atomic mass is 10.2. The first-order valence-corrected chi connectivity index (χ1v) is 12.3. The van der Waals surface area contributed by atoms with Gasteiger partial charge in [0.2, 0.25) is 11.8 Å². The molecule has 1 fully saturated rings. The molecule has 1 aromatic carbocycles. The van der Waals surface area contributed by atoms with Gasteiger partial charge in [-0.1, -0.05) is 12.2 Å². The molecule has 2 aromatic heterocycles. The molecular weight excluding hydrogens is 458 g/mol.